The molecule has 234 valence electrons. The Bertz CT molecular complexity index is 866. The van der Waals surface area contributed by atoms with Gasteiger partial charge in [0.25, 0.3) is 0 Å². The number of carbonyl (C=O) groups is 4. The zero-order valence-electron chi connectivity index (χ0n) is 25.6. The molecule has 0 bridgehead atoms. The molecular formula is C32H52O9. The van der Waals surface area contributed by atoms with Crippen molar-refractivity contribution in [3.8, 4) is 0 Å². The zero-order valence-corrected chi connectivity index (χ0v) is 25.6. The van der Waals surface area contributed by atoms with E-state index in [2.05, 4.69) is 26.7 Å². The quantitative estimate of drug-likeness (QED) is 0.0676. The highest BCUT2D eigenvalue weighted by Gasteiger charge is 2.24. The number of carbonyl (C=O) groups excluding carboxylic acids is 2. The van der Waals surface area contributed by atoms with Crippen molar-refractivity contribution in [2.75, 3.05) is 19.8 Å². The molecule has 1 saturated heterocycles. The molecular weight excluding hydrogens is 528 g/mol. The molecule has 0 amide bonds. The molecule has 1 fully saturated rings. The summed E-state index contributed by atoms with van der Waals surface area (Å²) in [6.45, 7) is 18.9. The number of hydrogen-bond donors (Lipinski definition) is 2. The van der Waals surface area contributed by atoms with Crippen molar-refractivity contribution < 1.29 is 43.6 Å². The lowest BCUT2D eigenvalue weighted by Crippen LogP contribution is -2.11. The fourth-order valence-electron chi connectivity index (χ4n) is 2.91. The Morgan fingerprint density at radius 3 is 1.68 bits per heavy atom. The molecule has 1 aliphatic heterocycles. The number of epoxide rings is 1. The Labute approximate surface area is 246 Å². The van der Waals surface area contributed by atoms with Crippen LogP contribution in [0.15, 0.2) is 48.1 Å². The molecule has 2 N–H and O–H groups in total. The third-order valence-electron chi connectivity index (χ3n) is 5.89. The summed E-state index contributed by atoms with van der Waals surface area (Å²) in [5, 5.41) is 16.7. The SMILES string of the molecule is C=C(C)C(=O)OCCCCCCCCCCCC.C=C(CC)C(=O)O.C=C(CC=C(C)C(=O)O)C(=O)OCC1CO1. The van der Waals surface area contributed by atoms with Crippen LogP contribution in [0.1, 0.15) is 105 Å². The molecule has 1 heterocycles. The maximum atomic E-state index is 11.3. The van der Waals surface area contributed by atoms with Gasteiger partial charge >= 0.3 is 23.9 Å². The standard InChI is InChI=1S/C16H30O2.C11H14O5.C5H8O2/c1-4-5-6-7-8-9-10-11-12-13-14-18-16(17)15(2)3;1-7(10(12)13)3-4-8(2)11(14)16-6-9-5-15-9;1-3-4(2)5(6)7/h2,4-14H2,1,3H3;3,9H,2,4-6H2,1H3,(H,12,13);2-3H2,1H3,(H,6,7). The van der Waals surface area contributed by atoms with Crippen molar-refractivity contribution in [3.63, 3.8) is 0 Å². The van der Waals surface area contributed by atoms with E-state index in [1.807, 2.05) is 0 Å². The first kappa shape index (κ1) is 39.9. The van der Waals surface area contributed by atoms with Crippen LogP contribution in [0.3, 0.4) is 0 Å². The molecule has 1 atom stereocenters. The van der Waals surface area contributed by atoms with Gasteiger partial charge in [-0.2, -0.15) is 0 Å². The average molecular weight is 581 g/mol. The van der Waals surface area contributed by atoms with Crippen molar-refractivity contribution in [3.05, 3.63) is 48.1 Å². The van der Waals surface area contributed by atoms with Gasteiger partial charge in [0.05, 0.1) is 13.2 Å². The summed E-state index contributed by atoms with van der Waals surface area (Å²) in [5.41, 5.74) is 1.17. The summed E-state index contributed by atoms with van der Waals surface area (Å²) >= 11 is 0. The highest BCUT2D eigenvalue weighted by Crippen LogP contribution is 2.12. The van der Waals surface area contributed by atoms with Crippen LogP contribution >= 0.6 is 0 Å². The van der Waals surface area contributed by atoms with E-state index in [9.17, 15) is 19.2 Å². The maximum absolute atomic E-state index is 11.3. The third-order valence-corrected chi connectivity index (χ3v) is 5.89. The molecule has 0 spiro atoms. The van der Waals surface area contributed by atoms with Crippen LogP contribution in [-0.4, -0.2) is 60.0 Å². The number of carboxylic acid groups (broad SMARTS) is 2. The summed E-state index contributed by atoms with van der Waals surface area (Å²) in [4.78, 5) is 42.7. The Morgan fingerprint density at radius 1 is 0.780 bits per heavy atom. The van der Waals surface area contributed by atoms with E-state index < -0.39 is 17.9 Å². The van der Waals surface area contributed by atoms with E-state index in [1.165, 1.54) is 70.8 Å². The van der Waals surface area contributed by atoms with E-state index in [0.717, 1.165) is 6.42 Å². The number of carboxylic acids is 2. The van der Waals surface area contributed by atoms with Gasteiger partial charge in [-0.3, -0.25) is 0 Å². The number of allylic oxidation sites excluding steroid dienone is 1. The van der Waals surface area contributed by atoms with Crippen LogP contribution < -0.4 is 0 Å². The highest BCUT2D eigenvalue weighted by atomic mass is 16.6. The number of rotatable bonds is 20. The Kier molecular flexibility index (Phi) is 25.1. The lowest BCUT2D eigenvalue weighted by atomic mass is 10.1. The topological polar surface area (TPSA) is 140 Å². The lowest BCUT2D eigenvalue weighted by Gasteiger charge is -2.04. The normalized spacial score (nSPS) is 13.4. The molecule has 1 aliphatic rings. The Hall–Kier alpha value is -3.20. The van der Waals surface area contributed by atoms with Gasteiger partial charge in [0.15, 0.2) is 0 Å². The summed E-state index contributed by atoms with van der Waals surface area (Å²) in [6.07, 6.45) is 15.1. The molecule has 0 radical (unpaired) electrons. The molecule has 1 rings (SSSR count). The van der Waals surface area contributed by atoms with E-state index in [4.69, 9.17) is 24.4 Å². The second-order valence-electron chi connectivity index (χ2n) is 9.91. The van der Waals surface area contributed by atoms with Crippen molar-refractivity contribution >= 4 is 23.9 Å². The number of hydrogen-bond acceptors (Lipinski definition) is 7. The number of unbranched alkanes of at least 4 members (excludes halogenated alkanes) is 9. The van der Waals surface area contributed by atoms with Gasteiger partial charge in [0.2, 0.25) is 0 Å². The molecule has 1 unspecified atom stereocenters. The van der Waals surface area contributed by atoms with Gasteiger partial charge in [-0.1, -0.05) is 97.4 Å². The minimum atomic E-state index is -1.01. The first-order valence-corrected chi connectivity index (χ1v) is 14.5. The minimum Gasteiger partial charge on any atom is -0.478 e. The van der Waals surface area contributed by atoms with E-state index in [-0.39, 0.29) is 41.8 Å². The van der Waals surface area contributed by atoms with Gasteiger partial charge in [-0.05, 0) is 33.1 Å². The minimum absolute atomic E-state index is 0.0213. The van der Waals surface area contributed by atoms with E-state index in [1.54, 1.807) is 13.8 Å². The summed E-state index contributed by atoms with van der Waals surface area (Å²) < 4.78 is 14.8. The van der Waals surface area contributed by atoms with Gasteiger partial charge in [-0.25, -0.2) is 19.2 Å². The average Bonchev–Trinajstić information content (AvgIpc) is 3.77. The number of aliphatic carboxylic acids is 2. The summed E-state index contributed by atoms with van der Waals surface area (Å²) in [5.74, 6) is -2.68. The van der Waals surface area contributed by atoms with Crippen LogP contribution in [0.25, 0.3) is 0 Å². The number of esters is 2. The molecule has 0 saturated carbocycles. The van der Waals surface area contributed by atoms with Crippen LogP contribution in [0, 0.1) is 0 Å². The molecule has 0 aromatic heterocycles. The second-order valence-corrected chi connectivity index (χ2v) is 9.91. The third kappa shape index (κ3) is 26.8. The molecule has 0 aromatic rings. The number of ether oxygens (including phenoxy) is 3. The predicted octanol–water partition coefficient (Wildman–Crippen LogP) is 6.97. The molecule has 41 heavy (non-hydrogen) atoms. The van der Waals surface area contributed by atoms with Gasteiger partial charge in [0.1, 0.15) is 12.7 Å². The van der Waals surface area contributed by atoms with Crippen LogP contribution in [-0.2, 0) is 33.4 Å². The largest absolute Gasteiger partial charge is 0.478 e. The van der Waals surface area contributed by atoms with E-state index >= 15 is 0 Å². The zero-order chi connectivity index (χ0) is 31.6. The van der Waals surface area contributed by atoms with Crippen LogP contribution in [0.5, 0.6) is 0 Å². The van der Waals surface area contributed by atoms with Crippen molar-refractivity contribution in [2.45, 2.75) is 111 Å². The van der Waals surface area contributed by atoms with Gasteiger partial charge in [-0.15, -0.1) is 0 Å². The second kappa shape index (κ2) is 25.7. The first-order chi connectivity index (χ1) is 19.4. The van der Waals surface area contributed by atoms with Gasteiger partial charge < -0.3 is 24.4 Å². The molecule has 0 aromatic carbocycles. The maximum Gasteiger partial charge on any atom is 0.333 e. The Balaban J connectivity index is 0. The van der Waals surface area contributed by atoms with Crippen molar-refractivity contribution in [2.24, 2.45) is 0 Å². The first-order valence-electron chi connectivity index (χ1n) is 14.5. The Morgan fingerprint density at radius 2 is 1.29 bits per heavy atom. The molecule has 0 aliphatic carbocycles. The highest BCUT2D eigenvalue weighted by molar-refractivity contribution is 5.89. The van der Waals surface area contributed by atoms with Crippen LogP contribution in [0.4, 0.5) is 0 Å². The van der Waals surface area contributed by atoms with Crippen molar-refractivity contribution in [1.29, 1.82) is 0 Å². The van der Waals surface area contributed by atoms with E-state index in [0.29, 0.717) is 25.2 Å². The summed E-state index contributed by atoms with van der Waals surface area (Å²) in [7, 11) is 0. The summed E-state index contributed by atoms with van der Waals surface area (Å²) in [6, 6.07) is 0. The fraction of sp³-hybridized carbons (Fsp3) is 0.625. The smallest absolute Gasteiger partial charge is 0.333 e. The van der Waals surface area contributed by atoms with Crippen molar-refractivity contribution in [1.82, 2.24) is 0 Å². The fourth-order valence-corrected chi connectivity index (χ4v) is 2.91. The lowest BCUT2D eigenvalue weighted by molar-refractivity contribution is -0.140. The monoisotopic (exact) mass is 580 g/mol. The predicted molar refractivity (Wildman–Crippen MR) is 161 cm³/mol. The van der Waals surface area contributed by atoms with Crippen LogP contribution in [0.2, 0.25) is 0 Å². The van der Waals surface area contributed by atoms with Gasteiger partial charge in [0, 0.05) is 22.3 Å². The molecule has 9 heteroatoms. The molecule has 9 nitrogen and oxygen atoms in total.